The molecule has 3 aromatic rings. The Morgan fingerprint density at radius 3 is 2.74 bits per heavy atom. The molecule has 2 N–H and O–H groups in total. The lowest BCUT2D eigenvalue weighted by atomic mass is 10.1. The monoisotopic (exact) mass is 363 g/mol. The molecule has 6 heteroatoms. The fourth-order valence-electron chi connectivity index (χ4n) is 2.95. The van der Waals surface area contributed by atoms with Crippen LogP contribution in [0.5, 0.6) is 0 Å². The van der Waals surface area contributed by atoms with Crippen LogP contribution < -0.4 is 4.72 Å². The average molecular weight is 364 g/mol. The number of aromatic amines is 1. The van der Waals surface area contributed by atoms with Crippen molar-refractivity contribution < 1.29 is 0 Å². The van der Waals surface area contributed by atoms with E-state index in [1.807, 2.05) is 12.1 Å². The molecular formula is C17H15Cl2N3S. The first kappa shape index (κ1) is 15.2. The third-order valence-electron chi connectivity index (χ3n) is 4.25. The molecule has 1 unspecified atom stereocenters. The van der Waals surface area contributed by atoms with E-state index in [0.717, 1.165) is 23.1 Å². The van der Waals surface area contributed by atoms with Crippen molar-refractivity contribution in [3.05, 3.63) is 63.8 Å². The number of hydrogen-bond donors (Lipinski definition) is 2. The summed E-state index contributed by atoms with van der Waals surface area (Å²) < 4.78 is 5.75. The Bertz CT molecular complexity index is 863. The first-order valence-electron chi connectivity index (χ1n) is 7.37. The maximum atomic E-state index is 6.43. The van der Waals surface area contributed by atoms with E-state index in [2.05, 4.69) is 45.2 Å². The highest BCUT2D eigenvalue weighted by Crippen LogP contribution is 2.43. The van der Waals surface area contributed by atoms with E-state index in [9.17, 15) is 0 Å². The van der Waals surface area contributed by atoms with E-state index in [1.165, 1.54) is 11.1 Å². The lowest BCUT2D eigenvalue weighted by molar-refractivity contribution is 0.376. The lowest BCUT2D eigenvalue weighted by Crippen LogP contribution is -2.25. The van der Waals surface area contributed by atoms with Gasteiger partial charge < -0.3 is 9.71 Å². The smallest absolute Gasteiger partial charge is 0.0742 e. The summed E-state index contributed by atoms with van der Waals surface area (Å²) in [5.74, 6) is 0. The standard InChI is InChI=1S/C17H15Cl2N3S/c1-10(11-5-3-2-4-6-11)22-9-12-7-13(18)15-14(19)8-20-17(15)16(12)21-23-22/h2-8,10,20-21H,9H2,1H3. The van der Waals surface area contributed by atoms with Crippen molar-refractivity contribution in [1.82, 2.24) is 9.29 Å². The van der Waals surface area contributed by atoms with Gasteiger partial charge in [-0.15, -0.1) is 0 Å². The Morgan fingerprint density at radius 1 is 1.17 bits per heavy atom. The molecule has 0 bridgehead atoms. The van der Waals surface area contributed by atoms with Crippen LogP contribution in [0.3, 0.4) is 0 Å². The van der Waals surface area contributed by atoms with Crippen LogP contribution in [0.15, 0.2) is 42.6 Å². The number of anilines is 1. The van der Waals surface area contributed by atoms with E-state index in [4.69, 9.17) is 23.2 Å². The highest BCUT2D eigenvalue weighted by atomic mass is 35.5. The van der Waals surface area contributed by atoms with Gasteiger partial charge in [0.1, 0.15) is 0 Å². The second-order valence-electron chi connectivity index (χ2n) is 5.63. The third kappa shape index (κ3) is 2.60. The van der Waals surface area contributed by atoms with Gasteiger partial charge in [0.05, 0.1) is 21.2 Å². The van der Waals surface area contributed by atoms with Crippen molar-refractivity contribution in [2.45, 2.75) is 19.5 Å². The molecule has 1 aliphatic heterocycles. The number of halogens is 2. The number of hydrogen-bond acceptors (Lipinski definition) is 3. The summed E-state index contributed by atoms with van der Waals surface area (Å²) in [6, 6.07) is 12.8. The highest BCUT2D eigenvalue weighted by Gasteiger charge is 2.25. The number of H-pyrrole nitrogens is 1. The van der Waals surface area contributed by atoms with E-state index >= 15 is 0 Å². The summed E-state index contributed by atoms with van der Waals surface area (Å²) >= 11 is 14.3. The minimum absolute atomic E-state index is 0.295. The van der Waals surface area contributed by atoms with Crippen LogP contribution >= 0.6 is 35.3 Å². The molecule has 3 nitrogen and oxygen atoms in total. The summed E-state index contributed by atoms with van der Waals surface area (Å²) in [4.78, 5) is 3.22. The molecule has 0 radical (unpaired) electrons. The van der Waals surface area contributed by atoms with Crippen LogP contribution in [-0.2, 0) is 6.54 Å². The Labute approximate surface area is 149 Å². The zero-order valence-electron chi connectivity index (χ0n) is 12.4. The van der Waals surface area contributed by atoms with Crippen molar-refractivity contribution in [1.29, 1.82) is 0 Å². The fraction of sp³-hybridized carbons (Fsp3) is 0.176. The number of nitrogens with zero attached hydrogens (tertiary/aromatic N) is 1. The largest absolute Gasteiger partial charge is 0.358 e. The molecule has 4 rings (SSSR count). The second-order valence-corrected chi connectivity index (χ2v) is 7.30. The van der Waals surface area contributed by atoms with E-state index in [0.29, 0.717) is 16.1 Å². The van der Waals surface area contributed by atoms with Gasteiger partial charge in [0.25, 0.3) is 0 Å². The molecule has 1 aliphatic rings. The van der Waals surface area contributed by atoms with Crippen LogP contribution in [0.2, 0.25) is 10.0 Å². The number of rotatable bonds is 2. The molecule has 0 saturated heterocycles. The molecule has 0 fully saturated rings. The predicted octanol–water partition coefficient (Wildman–Crippen LogP) is 6.03. The average Bonchev–Trinajstić information content (AvgIpc) is 2.97. The van der Waals surface area contributed by atoms with Crippen molar-refractivity contribution in [2.75, 3.05) is 4.72 Å². The minimum Gasteiger partial charge on any atom is -0.358 e. The summed E-state index contributed by atoms with van der Waals surface area (Å²) in [7, 11) is 0. The van der Waals surface area contributed by atoms with Gasteiger partial charge in [0.15, 0.2) is 0 Å². The topological polar surface area (TPSA) is 31.1 Å². The Balaban J connectivity index is 1.70. The minimum atomic E-state index is 0.295. The van der Waals surface area contributed by atoms with Crippen LogP contribution in [0.1, 0.15) is 24.1 Å². The van der Waals surface area contributed by atoms with Crippen LogP contribution in [0, 0.1) is 0 Å². The Kier molecular flexibility index (Phi) is 3.93. The van der Waals surface area contributed by atoms with E-state index in [-0.39, 0.29) is 0 Å². The normalized spacial score (nSPS) is 16.1. The molecule has 118 valence electrons. The SMILES string of the molecule is CC(c1ccccc1)N1Cc2cc(Cl)c3c(Cl)c[nH]c3c2NS1. The Hall–Kier alpha value is -1.33. The van der Waals surface area contributed by atoms with Crippen LogP contribution in [0.4, 0.5) is 5.69 Å². The molecule has 23 heavy (non-hydrogen) atoms. The van der Waals surface area contributed by atoms with E-state index in [1.54, 1.807) is 18.3 Å². The van der Waals surface area contributed by atoms with Crippen molar-refractivity contribution in [2.24, 2.45) is 0 Å². The molecule has 1 aromatic heterocycles. The molecule has 0 aliphatic carbocycles. The van der Waals surface area contributed by atoms with Gasteiger partial charge in [-0.2, -0.15) is 0 Å². The number of fused-ring (bicyclic) bond motifs is 3. The third-order valence-corrected chi connectivity index (χ3v) is 5.82. The Morgan fingerprint density at radius 2 is 1.96 bits per heavy atom. The van der Waals surface area contributed by atoms with Crippen LogP contribution in [-0.4, -0.2) is 9.29 Å². The quantitative estimate of drug-likeness (QED) is 0.545. The molecule has 2 aromatic carbocycles. The fourth-order valence-corrected chi connectivity index (χ4v) is 4.50. The maximum absolute atomic E-state index is 6.43. The first-order valence-corrected chi connectivity index (χ1v) is 8.90. The zero-order valence-corrected chi connectivity index (χ0v) is 14.8. The van der Waals surface area contributed by atoms with Crippen molar-refractivity contribution >= 4 is 51.9 Å². The molecule has 2 heterocycles. The van der Waals surface area contributed by atoms with Gasteiger partial charge in [0, 0.05) is 36.3 Å². The number of benzene rings is 2. The summed E-state index contributed by atoms with van der Waals surface area (Å²) in [6.45, 7) is 3.02. The second kappa shape index (κ2) is 5.95. The van der Waals surface area contributed by atoms with Crippen molar-refractivity contribution in [3.8, 4) is 0 Å². The van der Waals surface area contributed by atoms with Gasteiger partial charge in [-0.25, -0.2) is 4.31 Å². The summed E-state index contributed by atoms with van der Waals surface area (Å²) in [5, 5.41) is 2.22. The van der Waals surface area contributed by atoms with Crippen molar-refractivity contribution in [3.63, 3.8) is 0 Å². The highest BCUT2D eigenvalue weighted by molar-refractivity contribution is 7.98. The number of nitrogens with one attached hydrogen (secondary N) is 2. The van der Waals surface area contributed by atoms with E-state index < -0.39 is 0 Å². The number of aromatic nitrogens is 1. The van der Waals surface area contributed by atoms with Gasteiger partial charge in [-0.1, -0.05) is 53.5 Å². The van der Waals surface area contributed by atoms with Gasteiger partial charge >= 0.3 is 0 Å². The van der Waals surface area contributed by atoms with Crippen LogP contribution in [0.25, 0.3) is 10.9 Å². The molecule has 1 atom stereocenters. The predicted molar refractivity (Wildman–Crippen MR) is 99.9 cm³/mol. The molecule has 0 spiro atoms. The van der Waals surface area contributed by atoms with Gasteiger partial charge in [-0.3, -0.25) is 0 Å². The zero-order chi connectivity index (χ0) is 16.0. The molecule has 0 saturated carbocycles. The first-order chi connectivity index (χ1) is 11.1. The molecular weight excluding hydrogens is 349 g/mol. The summed E-state index contributed by atoms with van der Waals surface area (Å²) in [6.07, 6.45) is 1.78. The maximum Gasteiger partial charge on any atom is 0.0742 e. The summed E-state index contributed by atoms with van der Waals surface area (Å²) in [5.41, 5.74) is 4.50. The lowest BCUT2D eigenvalue weighted by Gasteiger charge is -2.33. The van der Waals surface area contributed by atoms with Gasteiger partial charge in [-0.05, 0) is 24.1 Å². The van der Waals surface area contributed by atoms with Gasteiger partial charge in [0.2, 0.25) is 0 Å². The molecule has 0 amide bonds.